The van der Waals surface area contributed by atoms with E-state index >= 15 is 0 Å². The highest BCUT2D eigenvalue weighted by Gasteiger charge is 2.29. The number of esters is 1. The number of ether oxygens (including phenoxy) is 1. The number of fused-ring (bicyclic) bond motifs is 1. The van der Waals surface area contributed by atoms with Crippen LogP contribution in [0.25, 0.3) is 0 Å². The van der Waals surface area contributed by atoms with Crippen molar-refractivity contribution in [2.75, 3.05) is 26.2 Å². The smallest absolute Gasteiger partial charge is 0.328 e. The van der Waals surface area contributed by atoms with Gasteiger partial charge in [-0.25, -0.2) is 4.79 Å². The van der Waals surface area contributed by atoms with E-state index in [1.807, 2.05) is 42.5 Å². The van der Waals surface area contributed by atoms with E-state index in [4.69, 9.17) is 4.74 Å². The summed E-state index contributed by atoms with van der Waals surface area (Å²) < 4.78 is 5.73. The van der Waals surface area contributed by atoms with E-state index in [2.05, 4.69) is 27.3 Å². The first kappa shape index (κ1) is 20.6. The Morgan fingerprint density at radius 1 is 1.00 bits per heavy atom. The normalized spacial score (nSPS) is 17.5. The quantitative estimate of drug-likeness (QED) is 0.557. The molecule has 0 bridgehead atoms. The lowest BCUT2D eigenvalue weighted by Gasteiger charge is -2.29. The molecule has 2 aromatic rings. The summed E-state index contributed by atoms with van der Waals surface area (Å²) in [5, 5.41) is 3.39. The van der Waals surface area contributed by atoms with Gasteiger partial charge in [0.05, 0.1) is 13.2 Å². The van der Waals surface area contributed by atoms with Crippen molar-refractivity contribution in [2.24, 2.45) is 4.99 Å². The van der Waals surface area contributed by atoms with Gasteiger partial charge in [-0.3, -0.25) is 9.89 Å². The van der Waals surface area contributed by atoms with Gasteiger partial charge in [0, 0.05) is 12.1 Å². The van der Waals surface area contributed by atoms with E-state index in [1.165, 1.54) is 24.0 Å². The Morgan fingerprint density at radius 3 is 2.53 bits per heavy atom. The largest absolute Gasteiger partial charge is 0.464 e. The van der Waals surface area contributed by atoms with Crippen LogP contribution in [0.4, 0.5) is 0 Å². The standard InChI is InChI=1S/C25H31N3O2/c29-25(23(20-11-4-3-5-12-20)28-16-8-1-2-9-17-28)30-18-10-15-26-24-22-14-7-6-13-21(22)19-27-24/h3-7,11-14,23H,1-2,8-10,15-19H2,(H,26,27). The molecule has 2 aliphatic heterocycles. The van der Waals surface area contributed by atoms with E-state index in [0.717, 1.165) is 56.8 Å². The molecule has 30 heavy (non-hydrogen) atoms. The molecule has 1 saturated heterocycles. The number of benzene rings is 2. The van der Waals surface area contributed by atoms with Crippen LogP contribution in [0.1, 0.15) is 54.8 Å². The Kier molecular flexibility index (Phi) is 7.14. The van der Waals surface area contributed by atoms with Crippen molar-refractivity contribution in [3.05, 3.63) is 71.3 Å². The van der Waals surface area contributed by atoms with Crippen LogP contribution in [0.5, 0.6) is 0 Å². The molecule has 1 N–H and O–H groups in total. The number of amidine groups is 1. The molecule has 0 spiro atoms. The van der Waals surface area contributed by atoms with Gasteiger partial charge in [-0.15, -0.1) is 0 Å². The van der Waals surface area contributed by atoms with Crippen molar-refractivity contribution in [1.82, 2.24) is 10.2 Å². The maximum absolute atomic E-state index is 13.0. The highest BCUT2D eigenvalue weighted by molar-refractivity contribution is 6.01. The Balaban J connectivity index is 1.29. The lowest BCUT2D eigenvalue weighted by Crippen LogP contribution is -2.36. The van der Waals surface area contributed by atoms with Crippen molar-refractivity contribution in [2.45, 2.75) is 44.7 Å². The monoisotopic (exact) mass is 405 g/mol. The van der Waals surface area contributed by atoms with Gasteiger partial charge in [0.1, 0.15) is 11.9 Å². The molecule has 158 valence electrons. The molecule has 1 fully saturated rings. The molecule has 2 aromatic carbocycles. The van der Waals surface area contributed by atoms with Gasteiger partial charge < -0.3 is 10.1 Å². The molecular weight excluding hydrogens is 374 g/mol. The van der Waals surface area contributed by atoms with E-state index in [0.29, 0.717) is 6.61 Å². The van der Waals surface area contributed by atoms with E-state index in [9.17, 15) is 4.79 Å². The number of nitrogens with one attached hydrogen (secondary N) is 1. The molecule has 0 aromatic heterocycles. The lowest BCUT2D eigenvalue weighted by molar-refractivity contribution is -0.150. The van der Waals surface area contributed by atoms with Gasteiger partial charge in [0.15, 0.2) is 0 Å². The van der Waals surface area contributed by atoms with Crippen molar-refractivity contribution < 1.29 is 9.53 Å². The van der Waals surface area contributed by atoms with Crippen LogP contribution in [0.2, 0.25) is 0 Å². The zero-order chi connectivity index (χ0) is 20.6. The maximum atomic E-state index is 13.0. The van der Waals surface area contributed by atoms with Gasteiger partial charge in [0.2, 0.25) is 0 Å². The second-order valence-corrected chi connectivity index (χ2v) is 8.03. The SMILES string of the molecule is O=C(OCCCNC1=NCc2ccccc21)C(c1ccccc1)N1CCCCCC1. The van der Waals surface area contributed by atoms with Crippen LogP contribution < -0.4 is 5.32 Å². The summed E-state index contributed by atoms with van der Waals surface area (Å²) in [6.45, 7) is 3.80. The molecule has 5 heteroatoms. The number of hydrogen-bond acceptors (Lipinski definition) is 5. The molecule has 1 unspecified atom stereocenters. The second-order valence-electron chi connectivity index (χ2n) is 8.03. The molecule has 0 amide bonds. The van der Waals surface area contributed by atoms with Crippen molar-refractivity contribution in [3.8, 4) is 0 Å². The molecule has 0 saturated carbocycles. The predicted molar refractivity (Wildman–Crippen MR) is 119 cm³/mol. The first-order valence-corrected chi connectivity index (χ1v) is 11.1. The van der Waals surface area contributed by atoms with Gasteiger partial charge in [-0.2, -0.15) is 0 Å². The Bertz CT molecular complexity index is 858. The summed E-state index contributed by atoms with van der Waals surface area (Å²) in [6, 6.07) is 18.0. The summed E-state index contributed by atoms with van der Waals surface area (Å²) in [5.41, 5.74) is 3.47. The molecule has 0 radical (unpaired) electrons. The van der Waals surface area contributed by atoms with Gasteiger partial charge in [-0.1, -0.05) is 67.4 Å². The fourth-order valence-corrected chi connectivity index (χ4v) is 4.31. The molecule has 0 aliphatic carbocycles. The minimum Gasteiger partial charge on any atom is -0.464 e. The van der Waals surface area contributed by atoms with Gasteiger partial charge in [0.25, 0.3) is 0 Å². The Hall–Kier alpha value is -2.66. The van der Waals surface area contributed by atoms with Crippen molar-refractivity contribution in [3.63, 3.8) is 0 Å². The van der Waals surface area contributed by atoms with Crippen molar-refractivity contribution >= 4 is 11.8 Å². The number of nitrogens with zero attached hydrogens (tertiary/aromatic N) is 2. The number of carbonyl (C=O) groups excluding carboxylic acids is 1. The lowest BCUT2D eigenvalue weighted by atomic mass is 10.1. The average molecular weight is 406 g/mol. The maximum Gasteiger partial charge on any atom is 0.328 e. The molecule has 1 atom stereocenters. The first-order valence-electron chi connectivity index (χ1n) is 11.1. The minimum atomic E-state index is -0.302. The number of carbonyl (C=O) groups is 1. The molecule has 5 nitrogen and oxygen atoms in total. The molecule has 2 heterocycles. The summed E-state index contributed by atoms with van der Waals surface area (Å²) in [5.74, 6) is 0.815. The molecular formula is C25H31N3O2. The zero-order valence-electron chi connectivity index (χ0n) is 17.6. The van der Waals surface area contributed by atoms with Crippen LogP contribution in [0.15, 0.2) is 59.6 Å². The second kappa shape index (κ2) is 10.4. The number of aliphatic imine (C=N–C) groups is 1. The zero-order valence-corrected chi connectivity index (χ0v) is 17.6. The van der Waals surface area contributed by atoms with Crippen LogP contribution in [0.3, 0.4) is 0 Å². The number of likely N-dealkylation sites (tertiary alicyclic amines) is 1. The predicted octanol–water partition coefficient (Wildman–Crippen LogP) is 4.09. The molecule has 4 rings (SSSR count). The van der Waals surface area contributed by atoms with Gasteiger partial charge >= 0.3 is 5.97 Å². The summed E-state index contributed by atoms with van der Waals surface area (Å²) in [4.78, 5) is 19.9. The summed E-state index contributed by atoms with van der Waals surface area (Å²) >= 11 is 0. The average Bonchev–Trinajstić information content (AvgIpc) is 3.00. The third-order valence-corrected chi connectivity index (χ3v) is 5.88. The fraction of sp³-hybridized carbons (Fsp3) is 0.440. The van der Waals surface area contributed by atoms with E-state index in [-0.39, 0.29) is 12.0 Å². The third kappa shape index (κ3) is 5.08. The number of rotatable bonds is 7. The van der Waals surface area contributed by atoms with Crippen LogP contribution in [-0.2, 0) is 16.1 Å². The van der Waals surface area contributed by atoms with E-state index < -0.39 is 0 Å². The van der Waals surface area contributed by atoms with Crippen LogP contribution >= 0.6 is 0 Å². The molecule has 2 aliphatic rings. The van der Waals surface area contributed by atoms with Crippen molar-refractivity contribution in [1.29, 1.82) is 0 Å². The van der Waals surface area contributed by atoms with Crippen LogP contribution in [-0.4, -0.2) is 42.9 Å². The first-order chi connectivity index (χ1) is 14.8. The Labute approximate surface area is 179 Å². The highest BCUT2D eigenvalue weighted by atomic mass is 16.5. The highest BCUT2D eigenvalue weighted by Crippen LogP contribution is 2.25. The Morgan fingerprint density at radius 2 is 1.73 bits per heavy atom. The summed E-state index contributed by atoms with van der Waals surface area (Å²) in [6.07, 6.45) is 5.53. The summed E-state index contributed by atoms with van der Waals surface area (Å²) in [7, 11) is 0. The third-order valence-electron chi connectivity index (χ3n) is 5.88. The fourth-order valence-electron chi connectivity index (χ4n) is 4.31. The van der Waals surface area contributed by atoms with Gasteiger partial charge in [-0.05, 0) is 43.5 Å². The minimum absolute atomic E-state index is 0.133. The van der Waals surface area contributed by atoms with Crippen LogP contribution in [0, 0.1) is 0 Å². The topological polar surface area (TPSA) is 53.9 Å². The van der Waals surface area contributed by atoms with E-state index in [1.54, 1.807) is 0 Å². The number of hydrogen-bond donors (Lipinski definition) is 1.